The number of anilines is 1. The summed E-state index contributed by atoms with van der Waals surface area (Å²) in [6, 6.07) is 5.68. The third-order valence-electron chi connectivity index (χ3n) is 2.48. The SMILES string of the molecule is CCCCNC(=O)CNc1ccc(C)c(Cl)c1. The predicted molar refractivity (Wildman–Crippen MR) is 72.6 cm³/mol. The van der Waals surface area contributed by atoms with Gasteiger partial charge in [0.2, 0.25) is 5.91 Å². The number of unbranched alkanes of at least 4 members (excludes halogenated alkanes) is 1. The van der Waals surface area contributed by atoms with Crippen molar-refractivity contribution in [1.82, 2.24) is 5.32 Å². The monoisotopic (exact) mass is 254 g/mol. The van der Waals surface area contributed by atoms with E-state index in [1.54, 1.807) is 0 Å². The van der Waals surface area contributed by atoms with Crippen LogP contribution in [-0.4, -0.2) is 19.0 Å². The lowest BCUT2D eigenvalue weighted by Gasteiger charge is -2.08. The molecule has 1 amide bonds. The van der Waals surface area contributed by atoms with E-state index in [4.69, 9.17) is 11.6 Å². The summed E-state index contributed by atoms with van der Waals surface area (Å²) in [6.07, 6.45) is 2.10. The average Bonchev–Trinajstić information content (AvgIpc) is 2.31. The van der Waals surface area contributed by atoms with Crippen molar-refractivity contribution in [3.05, 3.63) is 28.8 Å². The van der Waals surface area contributed by atoms with Gasteiger partial charge in [0.1, 0.15) is 0 Å². The first-order chi connectivity index (χ1) is 8.13. The zero-order valence-electron chi connectivity index (χ0n) is 10.3. The van der Waals surface area contributed by atoms with Gasteiger partial charge in [0, 0.05) is 17.3 Å². The van der Waals surface area contributed by atoms with Crippen LogP contribution >= 0.6 is 11.6 Å². The summed E-state index contributed by atoms with van der Waals surface area (Å²) < 4.78 is 0. The smallest absolute Gasteiger partial charge is 0.239 e. The molecule has 1 aromatic rings. The van der Waals surface area contributed by atoms with Crippen LogP contribution in [0.1, 0.15) is 25.3 Å². The fourth-order valence-corrected chi connectivity index (χ4v) is 1.53. The van der Waals surface area contributed by atoms with Crippen LogP contribution in [0.4, 0.5) is 5.69 Å². The van der Waals surface area contributed by atoms with Crippen molar-refractivity contribution in [2.75, 3.05) is 18.4 Å². The summed E-state index contributed by atoms with van der Waals surface area (Å²) in [5.41, 5.74) is 1.90. The van der Waals surface area contributed by atoms with E-state index >= 15 is 0 Å². The molecule has 1 rings (SSSR count). The molecule has 0 aliphatic heterocycles. The van der Waals surface area contributed by atoms with Gasteiger partial charge < -0.3 is 10.6 Å². The van der Waals surface area contributed by atoms with Crippen molar-refractivity contribution in [1.29, 1.82) is 0 Å². The van der Waals surface area contributed by atoms with Gasteiger partial charge in [0.15, 0.2) is 0 Å². The van der Waals surface area contributed by atoms with Crippen LogP contribution in [0.5, 0.6) is 0 Å². The highest BCUT2D eigenvalue weighted by molar-refractivity contribution is 6.31. The first kappa shape index (κ1) is 13.8. The van der Waals surface area contributed by atoms with Crippen LogP contribution in [0.15, 0.2) is 18.2 Å². The standard InChI is InChI=1S/C13H19ClN2O/c1-3-4-7-15-13(17)9-16-11-6-5-10(2)12(14)8-11/h5-6,8,16H,3-4,7,9H2,1-2H3,(H,15,17). The van der Waals surface area contributed by atoms with Crippen LogP contribution < -0.4 is 10.6 Å². The number of hydrogen-bond donors (Lipinski definition) is 2. The third-order valence-corrected chi connectivity index (χ3v) is 2.88. The Kier molecular flexibility index (Phi) is 5.84. The lowest BCUT2D eigenvalue weighted by atomic mass is 10.2. The summed E-state index contributed by atoms with van der Waals surface area (Å²) >= 11 is 5.99. The van der Waals surface area contributed by atoms with E-state index in [2.05, 4.69) is 17.6 Å². The molecule has 0 bridgehead atoms. The lowest BCUT2D eigenvalue weighted by Crippen LogP contribution is -2.30. The van der Waals surface area contributed by atoms with E-state index < -0.39 is 0 Å². The van der Waals surface area contributed by atoms with Gasteiger partial charge in [0.25, 0.3) is 0 Å². The molecule has 0 fully saturated rings. The van der Waals surface area contributed by atoms with Gasteiger partial charge in [0.05, 0.1) is 6.54 Å². The quantitative estimate of drug-likeness (QED) is 0.767. The molecule has 0 aliphatic rings. The van der Waals surface area contributed by atoms with Crippen LogP contribution in [0, 0.1) is 6.92 Å². The summed E-state index contributed by atoms with van der Waals surface area (Å²) in [5, 5.41) is 6.60. The van der Waals surface area contributed by atoms with Crippen LogP contribution in [-0.2, 0) is 4.79 Å². The number of benzene rings is 1. The second kappa shape index (κ2) is 7.17. The maximum absolute atomic E-state index is 11.4. The van der Waals surface area contributed by atoms with Gasteiger partial charge >= 0.3 is 0 Å². The molecule has 0 heterocycles. The molecule has 94 valence electrons. The van der Waals surface area contributed by atoms with Gasteiger partial charge in [-0.2, -0.15) is 0 Å². The number of nitrogens with one attached hydrogen (secondary N) is 2. The number of carbonyl (C=O) groups excluding carboxylic acids is 1. The molecule has 3 nitrogen and oxygen atoms in total. The van der Waals surface area contributed by atoms with E-state index in [-0.39, 0.29) is 12.5 Å². The number of amides is 1. The van der Waals surface area contributed by atoms with E-state index in [9.17, 15) is 4.79 Å². The fourth-order valence-electron chi connectivity index (χ4n) is 1.35. The molecule has 1 aromatic carbocycles. The highest BCUT2D eigenvalue weighted by Gasteiger charge is 2.01. The summed E-state index contributed by atoms with van der Waals surface area (Å²) in [5.74, 6) is 0.00940. The number of hydrogen-bond acceptors (Lipinski definition) is 2. The zero-order valence-corrected chi connectivity index (χ0v) is 11.1. The number of halogens is 1. The Morgan fingerprint density at radius 1 is 1.41 bits per heavy atom. The number of aryl methyl sites for hydroxylation is 1. The minimum Gasteiger partial charge on any atom is -0.376 e. The van der Waals surface area contributed by atoms with Crippen molar-refractivity contribution in [3.63, 3.8) is 0 Å². The Labute approximate surface area is 108 Å². The molecule has 0 atom stereocenters. The first-order valence-corrected chi connectivity index (χ1v) is 6.28. The lowest BCUT2D eigenvalue weighted by molar-refractivity contribution is -0.119. The molecule has 4 heteroatoms. The Hall–Kier alpha value is -1.22. The molecule has 0 unspecified atom stereocenters. The van der Waals surface area contributed by atoms with Gasteiger partial charge in [-0.3, -0.25) is 4.79 Å². The summed E-state index contributed by atoms with van der Waals surface area (Å²) in [6.45, 7) is 5.07. The van der Waals surface area contributed by atoms with Crippen LogP contribution in [0.2, 0.25) is 5.02 Å². The maximum atomic E-state index is 11.4. The van der Waals surface area contributed by atoms with Crippen LogP contribution in [0.3, 0.4) is 0 Å². The Balaban J connectivity index is 2.34. The molecule has 0 saturated heterocycles. The van der Waals surface area contributed by atoms with Crippen molar-refractivity contribution < 1.29 is 4.79 Å². The van der Waals surface area contributed by atoms with E-state index in [0.717, 1.165) is 30.6 Å². The highest BCUT2D eigenvalue weighted by Crippen LogP contribution is 2.19. The van der Waals surface area contributed by atoms with Crippen molar-refractivity contribution in [2.45, 2.75) is 26.7 Å². The molecule has 0 radical (unpaired) electrons. The van der Waals surface area contributed by atoms with Crippen molar-refractivity contribution in [3.8, 4) is 0 Å². The summed E-state index contributed by atoms with van der Waals surface area (Å²) in [4.78, 5) is 11.4. The maximum Gasteiger partial charge on any atom is 0.239 e. The molecule has 2 N–H and O–H groups in total. The van der Waals surface area contributed by atoms with Crippen LogP contribution in [0.25, 0.3) is 0 Å². The molecule has 0 aromatic heterocycles. The molecular formula is C13H19ClN2O. The van der Waals surface area contributed by atoms with E-state index in [0.29, 0.717) is 5.02 Å². The van der Waals surface area contributed by atoms with Gasteiger partial charge in [-0.1, -0.05) is 31.0 Å². The zero-order chi connectivity index (χ0) is 12.7. The van der Waals surface area contributed by atoms with E-state index in [1.165, 1.54) is 0 Å². The van der Waals surface area contributed by atoms with Gasteiger partial charge in [-0.05, 0) is 31.0 Å². The van der Waals surface area contributed by atoms with Crippen molar-refractivity contribution >= 4 is 23.2 Å². The third kappa shape index (κ3) is 5.09. The highest BCUT2D eigenvalue weighted by atomic mass is 35.5. The minimum atomic E-state index is 0.00940. The molecule has 0 spiro atoms. The Morgan fingerprint density at radius 2 is 2.18 bits per heavy atom. The Bertz CT molecular complexity index is 380. The topological polar surface area (TPSA) is 41.1 Å². The average molecular weight is 255 g/mol. The normalized spacial score (nSPS) is 10.1. The number of carbonyl (C=O) groups is 1. The largest absolute Gasteiger partial charge is 0.376 e. The molecule has 0 aliphatic carbocycles. The predicted octanol–water partition coefficient (Wildman–Crippen LogP) is 2.98. The minimum absolute atomic E-state index is 0.00940. The molecule has 0 saturated carbocycles. The molecule has 17 heavy (non-hydrogen) atoms. The Morgan fingerprint density at radius 3 is 2.82 bits per heavy atom. The second-order valence-electron chi connectivity index (χ2n) is 4.02. The second-order valence-corrected chi connectivity index (χ2v) is 4.43. The number of rotatable bonds is 6. The first-order valence-electron chi connectivity index (χ1n) is 5.90. The molecular weight excluding hydrogens is 236 g/mol. The van der Waals surface area contributed by atoms with Gasteiger partial charge in [-0.25, -0.2) is 0 Å². The summed E-state index contributed by atoms with van der Waals surface area (Å²) in [7, 11) is 0. The van der Waals surface area contributed by atoms with Gasteiger partial charge in [-0.15, -0.1) is 0 Å². The fraction of sp³-hybridized carbons (Fsp3) is 0.462. The van der Waals surface area contributed by atoms with Crippen molar-refractivity contribution in [2.24, 2.45) is 0 Å². The van der Waals surface area contributed by atoms with E-state index in [1.807, 2.05) is 25.1 Å².